The van der Waals surface area contributed by atoms with Crippen LogP contribution < -0.4 is 0 Å². The molecule has 0 spiro atoms. The molecule has 11 heteroatoms. The van der Waals surface area contributed by atoms with Crippen molar-refractivity contribution < 1.29 is 30.4 Å². The molecule has 1 aromatic rings. The van der Waals surface area contributed by atoms with E-state index in [4.69, 9.17) is 5.53 Å². The number of benzene rings is 1. The lowest BCUT2D eigenvalue weighted by Gasteiger charge is -2.16. The summed E-state index contributed by atoms with van der Waals surface area (Å²) in [5.41, 5.74) is 9.01. The van der Waals surface area contributed by atoms with Crippen LogP contribution in [0.5, 0.6) is 0 Å². The predicted molar refractivity (Wildman–Crippen MR) is 85.4 cm³/mol. The number of rotatable bonds is 5. The molecule has 1 unspecified atom stereocenters. The molecule has 8 nitrogen and oxygen atoms in total. The molecular formula is C12H12N2O6S3. The van der Waals surface area contributed by atoms with Crippen LogP contribution in [0.15, 0.2) is 29.2 Å². The monoisotopic (exact) mass is 376 g/mol. The molecule has 1 atom stereocenters. The normalized spacial score (nSPS) is 17.7. The number of thiol groups is 1. The summed E-state index contributed by atoms with van der Waals surface area (Å²) in [4.78, 5) is 2.83. The summed E-state index contributed by atoms with van der Waals surface area (Å²) in [5, 5.41) is -1.58. The van der Waals surface area contributed by atoms with E-state index in [1.807, 2.05) is 0 Å². The van der Waals surface area contributed by atoms with Crippen molar-refractivity contribution in [2.75, 3.05) is 12.4 Å². The highest BCUT2D eigenvalue weighted by molar-refractivity contribution is 7.91. The van der Waals surface area contributed by atoms with Crippen molar-refractivity contribution in [3.8, 4) is 0 Å². The van der Waals surface area contributed by atoms with Gasteiger partial charge >= 0.3 is 5.71 Å². The summed E-state index contributed by atoms with van der Waals surface area (Å²) in [6.07, 6.45) is 2.59. The first-order chi connectivity index (χ1) is 10.7. The second-order valence-corrected chi connectivity index (χ2v) is 8.56. The molecule has 0 fully saturated rings. The van der Waals surface area contributed by atoms with Crippen LogP contribution in [0.3, 0.4) is 0 Å². The molecule has 1 N–H and O–H groups in total. The lowest BCUT2D eigenvalue weighted by Crippen LogP contribution is -2.24. The Kier molecular flexibility index (Phi) is 5.09. The van der Waals surface area contributed by atoms with Crippen LogP contribution in [0.2, 0.25) is 0 Å². The predicted octanol–water partition coefficient (Wildman–Crippen LogP) is 0.948. The van der Waals surface area contributed by atoms with Gasteiger partial charge in [-0.3, -0.25) is 4.55 Å². The lowest BCUT2D eigenvalue weighted by atomic mass is 9.96. The largest absolute Gasteiger partial charge is 0.361 e. The summed E-state index contributed by atoms with van der Waals surface area (Å²) in [6.45, 7) is -0.104. The lowest BCUT2D eigenvalue weighted by molar-refractivity contribution is -0.00612. The summed E-state index contributed by atoms with van der Waals surface area (Å²) < 4.78 is 61.1. The van der Waals surface area contributed by atoms with E-state index in [9.17, 15) is 21.4 Å². The number of hydrogen-bond acceptors (Lipinski definition) is 6. The molecule has 23 heavy (non-hydrogen) atoms. The molecule has 0 saturated heterocycles. The molecule has 0 saturated carbocycles. The number of allylic oxidation sites excluding steroid dienone is 1. The summed E-state index contributed by atoms with van der Waals surface area (Å²) >= 11 is 3.48. The number of fused-ring (bicyclic) bond motifs is 1. The fraction of sp³-hybridized carbons (Fsp3) is 0.250. The average molecular weight is 376 g/mol. The van der Waals surface area contributed by atoms with Crippen molar-refractivity contribution in [3.63, 3.8) is 0 Å². The summed E-state index contributed by atoms with van der Waals surface area (Å²) in [6, 6.07) is 3.77. The molecule has 124 valence electrons. The highest BCUT2D eigenvalue weighted by atomic mass is 32.2. The first-order valence-electron chi connectivity index (χ1n) is 6.20. The van der Waals surface area contributed by atoms with E-state index in [1.54, 1.807) is 0 Å². The maximum Gasteiger partial charge on any atom is 0.317 e. The van der Waals surface area contributed by atoms with Crippen molar-refractivity contribution in [1.29, 1.82) is 0 Å². The first-order valence-corrected chi connectivity index (χ1v) is 9.72. The van der Waals surface area contributed by atoms with Gasteiger partial charge in [0.1, 0.15) is 0 Å². The molecule has 0 bridgehead atoms. The highest BCUT2D eigenvalue weighted by Crippen LogP contribution is 2.32. The molecular weight excluding hydrogens is 364 g/mol. The number of hydrogen-bond donors (Lipinski definition) is 2. The second kappa shape index (κ2) is 6.56. The minimum atomic E-state index is -4.58. The van der Waals surface area contributed by atoms with Gasteiger partial charge < -0.3 is 9.71 Å². The molecule has 1 aliphatic carbocycles. The molecule has 1 aliphatic rings. The fourth-order valence-electron chi connectivity index (χ4n) is 2.21. The molecule has 1 aromatic carbocycles. The molecule has 0 heterocycles. The van der Waals surface area contributed by atoms with Crippen LogP contribution in [0.1, 0.15) is 16.4 Å². The van der Waals surface area contributed by atoms with E-state index in [1.165, 1.54) is 30.4 Å². The van der Waals surface area contributed by atoms with E-state index in [-0.39, 0.29) is 34.1 Å². The Morgan fingerprint density at radius 1 is 1.26 bits per heavy atom. The van der Waals surface area contributed by atoms with E-state index >= 15 is 0 Å². The van der Waals surface area contributed by atoms with Crippen LogP contribution >= 0.6 is 12.9 Å². The zero-order valence-electron chi connectivity index (χ0n) is 11.5. The van der Waals surface area contributed by atoms with Gasteiger partial charge in [-0.1, -0.05) is 6.07 Å². The third-order valence-corrected chi connectivity index (χ3v) is 6.21. The highest BCUT2D eigenvalue weighted by Gasteiger charge is 2.39. The minimum absolute atomic E-state index is 0.0234. The topological polar surface area (TPSA) is 134 Å². The zero-order valence-corrected chi connectivity index (χ0v) is 14.1. The quantitative estimate of drug-likeness (QED) is 0.258. The van der Waals surface area contributed by atoms with Crippen LogP contribution in [0.4, 0.5) is 0 Å². The van der Waals surface area contributed by atoms with Gasteiger partial charge in [0, 0.05) is 6.08 Å². The SMILES string of the molecule is [N-]=[N+]=C1C=Cc2cc(S(=O)(=O)CCOS)ccc2C1S(=O)(=O)O. The smallest absolute Gasteiger partial charge is 0.317 e. The van der Waals surface area contributed by atoms with Gasteiger partial charge in [0.05, 0.1) is 17.3 Å². The zero-order chi connectivity index (χ0) is 17.3. The average Bonchev–Trinajstić information content (AvgIpc) is 2.50. The van der Waals surface area contributed by atoms with Crippen LogP contribution in [-0.4, -0.2) is 44.2 Å². The van der Waals surface area contributed by atoms with Crippen molar-refractivity contribution in [1.82, 2.24) is 0 Å². The molecule has 0 aliphatic heterocycles. The minimum Gasteiger partial charge on any atom is -0.361 e. The van der Waals surface area contributed by atoms with Crippen LogP contribution in [0, 0.1) is 0 Å². The van der Waals surface area contributed by atoms with Gasteiger partial charge in [-0.25, -0.2) is 8.42 Å². The van der Waals surface area contributed by atoms with Crippen molar-refractivity contribution in [2.45, 2.75) is 10.1 Å². The Morgan fingerprint density at radius 2 is 1.96 bits per heavy atom. The third-order valence-electron chi connectivity index (χ3n) is 3.26. The fourth-order valence-corrected chi connectivity index (χ4v) is 4.52. The van der Waals surface area contributed by atoms with E-state index < -0.39 is 25.2 Å². The van der Waals surface area contributed by atoms with Crippen LogP contribution in [0.25, 0.3) is 11.6 Å². The van der Waals surface area contributed by atoms with E-state index in [0.29, 0.717) is 0 Å². The number of sulfone groups is 1. The Hall–Kier alpha value is -1.49. The van der Waals surface area contributed by atoms with E-state index in [2.05, 4.69) is 21.9 Å². The number of nitrogens with zero attached hydrogens (tertiary/aromatic N) is 2. The Labute approximate surface area is 138 Å². The molecule has 0 amide bonds. The van der Waals surface area contributed by atoms with Crippen molar-refractivity contribution in [3.05, 3.63) is 40.9 Å². The maximum atomic E-state index is 12.1. The van der Waals surface area contributed by atoms with E-state index in [0.717, 1.165) is 0 Å². The maximum absolute atomic E-state index is 12.1. The van der Waals surface area contributed by atoms with Crippen molar-refractivity contribution >= 4 is 44.7 Å². The summed E-state index contributed by atoms with van der Waals surface area (Å²) in [5.74, 6) is -0.288. The Bertz CT molecular complexity index is 914. The molecule has 2 rings (SSSR count). The van der Waals surface area contributed by atoms with Gasteiger partial charge in [0.25, 0.3) is 10.1 Å². The second-order valence-electron chi connectivity index (χ2n) is 4.70. The first kappa shape index (κ1) is 17.9. The van der Waals surface area contributed by atoms with Gasteiger partial charge in [-0.15, -0.1) is 0 Å². The standard InChI is InChI=1S/C12H12N2O6S3/c13-14-11-4-1-8-7-9(22(15,16)6-5-20-21)2-3-10(8)12(11)23(17,18)19/h1-4,7,12,21H,5-6H2,(H,17,18,19). The third kappa shape index (κ3) is 3.71. The Morgan fingerprint density at radius 3 is 2.52 bits per heavy atom. The van der Waals surface area contributed by atoms with Gasteiger partial charge in [-0.05, 0) is 42.2 Å². The van der Waals surface area contributed by atoms with Gasteiger partial charge in [0.15, 0.2) is 9.84 Å². The van der Waals surface area contributed by atoms with Crippen LogP contribution in [-0.2, 0) is 24.1 Å². The molecule has 0 radical (unpaired) electrons. The molecule has 0 aromatic heterocycles. The summed E-state index contributed by atoms with van der Waals surface area (Å²) in [7, 11) is -8.21. The van der Waals surface area contributed by atoms with Gasteiger partial charge in [0.2, 0.25) is 5.25 Å². The van der Waals surface area contributed by atoms with Gasteiger partial charge in [-0.2, -0.15) is 13.2 Å². The van der Waals surface area contributed by atoms with Crippen molar-refractivity contribution in [2.24, 2.45) is 0 Å². The Balaban J connectivity index is 2.56.